The van der Waals surface area contributed by atoms with Gasteiger partial charge in [0.05, 0.1) is 5.69 Å². The number of halogens is 2. The number of aromatic nitrogens is 1. The van der Waals surface area contributed by atoms with Gasteiger partial charge in [0.25, 0.3) is 0 Å². The number of fused-ring (bicyclic) bond motifs is 1. The summed E-state index contributed by atoms with van der Waals surface area (Å²) in [5.74, 6) is 0.114. The van der Waals surface area contributed by atoms with E-state index in [0.717, 1.165) is 35.3 Å². The molecule has 0 bridgehead atoms. The monoisotopic (exact) mass is 400 g/mol. The number of rotatable bonds is 2. The molecule has 1 aliphatic rings. The quantitative estimate of drug-likeness (QED) is 0.611. The van der Waals surface area contributed by atoms with Crippen LogP contribution >= 0.6 is 23.2 Å². The number of carboxylic acid groups (broad SMARTS) is 1. The van der Waals surface area contributed by atoms with Gasteiger partial charge in [-0.2, -0.15) is 0 Å². The molecular weight excluding hydrogens is 383 g/mol. The van der Waals surface area contributed by atoms with Crippen LogP contribution in [0.5, 0.6) is 0 Å². The summed E-state index contributed by atoms with van der Waals surface area (Å²) in [6.07, 6.45) is 0.551. The molecular formula is C21H18Cl2N2O2. The highest BCUT2D eigenvalue weighted by molar-refractivity contribution is 6.35. The summed E-state index contributed by atoms with van der Waals surface area (Å²) in [5.41, 5.74) is 4.85. The van der Waals surface area contributed by atoms with Crippen molar-refractivity contribution in [2.75, 3.05) is 13.6 Å². The molecule has 138 valence electrons. The van der Waals surface area contributed by atoms with Crippen molar-refractivity contribution in [3.8, 4) is 11.3 Å². The van der Waals surface area contributed by atoms with Crippen molar-refractivity contribution < 1.29 is 9.90 Å². The van der Waals surface area contributed by atoms with Gasteiger partial charge in [0.2, 0.25) is 0 Å². The van der Waals surface area contributed by atoms with E-state index in [2.05, 4.69) is 24.1 Å². The normalized spacial score (nSPS) is 16.9. The lowest BCUT2D eigenvalue weighted by Gasteiger charge is -2.33. The minimum absolute atomic E-state index is 0.114. The fraction of sp³-hybridized carbons (Fsp3) is 0.190. The molecule has 2 aromatic carbocycles. The summed E-state index contributed by atoms with van der Waals surface area (Å²) in [6, 6.07) is 15.3. The molecule has 0 amide bonds. The Kier molecular flexibility index (Phi) is 4.72. The molecule has 0 saturated carbocycles. The summed E-state index contributed by atoms with van der Waals surface area (Å²) in [4.78, 5) is 13.7. The first-order valence-electron chi connectivity index (χ1n) is 8.61. The Morgan fingerprint density at radius 2 is 1.96 bits per heavy atom. The van der Waals surface area contributed by atoms with Gasteiger partial charge in [-0.15, -0.1) is 0 Å². The van der Waals surface area contributed by atoms with Crippen LogP contribution in [0.15, 0.2) is 54.7 Å². The van der Waals surface area contributed by atoms with Gasteiger partial charge < -0.3 is 10.0 Å². The maximum atomic E-state index is 11.5. The average Bonchev–Trinajstić information content (AvgIpc) is 3.12. The van der Waals surface area contributed by atoms with Crippen LogP contribution < -0.4 is 0 Å². The Hall–Kier alpha value is -2.27. The third kappa shape index (κ3) is 3.36. The third-order valence-corrected chi connectivity index (χ3v) is 5.59. The predicted octanol–water partition coefficient (Wildman–Crippen LogP) is 5.57. The van der Waals surface area contributed by atoms with E-state index >= 15 is 0 Å². The highest BCUT2D eigenvalue weighted by atomic mass is 35.5. The Balaban J connectivity index is 1.82. The zero-order valence-corrected chi connectivity index (χ0v) is 16.2. The van der Waals surface area contributed by atoms with E-state index in [1.807, 2.05) is 24.3 Å². The molecule has 3 aromatic rings. The lowest BCUT2D eigenvalue weighted by Crippen LogP contribution is -2.31. The fourth-order valence-corrected chi connectivity index (χ4v) is 4.40. The van der Waals surface area contributed by atoms with Crippen LogP contribution in [0.3, 0.4) is 0 Å². The molecule has 2 heterocycles. The van der Waals surface area contributed by atoms with Gasteiger partial charge in [-0.1, -0.05) is 41.4 Å². The number of hydrogen-bond acceptors (Lipinski definition) is 2. The van der Waals surface area contributed by atoms with Gasteiger partial charge in [0, 0.05) is 35.2 Å². The van der Waals surface area contributed by atoms with Crippen molar-refractivity contribution in [3.05, 3.63) is 81.5 Å². The van der Waals surface area contributed by atoms with E-state index in [1.165, 1.54) is 4.57 Å². The van der Waals surface area contributed by atoms with Crippen molar-refractivity contribution in [2.24, 2.45) is 0 Å². The second-order valence-electron chi connectivity index (χ2n) is 6.88. The first-order chi connectivity index (χ1) is 12.9. The van der Waals surface area contributed by atoms with E-state index in [1.54, 1.807) is 18.3 Å². The van der Waals surface area contributed by atoms with Crippen LogP contribution in [0.2, 0.25) is 10.0 Å². The Morgan fingerprint density at radius 3 is 2.74 bits per heavy atom. The van der Waals surface area contributed by atoms with Gasteiger partial charge in [-0.3, -0.25) is 4.57 Å². The molecule has 1 aliphatic heterocycles. The second kappa shape index (κ2) is 7.04. The molecule has 1 aromatic heterocycles. The topological polar surface area (TPSA) is 45.5 Å². The third-order valence-electron chi connectivity index (χ3n) is 5.03. The summed E-state index contributed by atoms with van der Waals surface area (Å²) < 4.78 is 1.23. The highest BCUT2D eigenvalue weighted by Gasteiger charge is 2.27. The zero-order chi connectivity index (χ0) is 19.1. The van der Waals surface area contributed by atoms with Crippen molar-refractivity contribution in [2.45, 2.75) is 12.5 Å². The van der Waals surface area contributed by atoms with Crippen molar-refractivity contribution in [3.63, 3.8) is 0 Å². The van der Waals surface area contributed by atoms with Crippen LogP contribution in [0.25, 0.3) is 11.3 Å². The van der Waals surface area contributed by atoms with E-state index in [9.17, 15) is 9.90 Å². The Labute approximate surface area is 167 Å². The smallest absolute Gasteiger partial charge is 0.415 e. The molecule has 0 spiro atoms. The lowest BCUT2D eigenvalue weighted by atomic mass is 9.84. The predicted molar refractivity (Wildman–Crippen MR) is 108 cm³/mol. The van der Waals surface area contributed by atoms with Crippen LogP contribution in [-0.4, -0.2) is 34.3 Å². The number of hydrogen-bond donors (Lipinski definition) is 1. The highest BCUT2D eigenvalue weighted by Crippen LogP contribution is 2.39. The molecule has 4 nitrogen and oxygen atoms in total. The number of benzene rings is 2. The summed E-state index contributed by atoms with van der Waals surface area (Å²) in [5, 5.41) is 10.7. The van der Waals surface area contributed by atoms with E-state index < -0.39 is 6.09 Å². The lowest BCUT2D eigenvalue weighted by molar-refractivity contribution is 0.197. The Bertz CT molecular complexity index is 1030. The zero-order valence-electron chi connectivity index (χ0n) is 14.7. The van der Waals surface area contributed by atoms with Gasteiger partial charge in [0.1, 0.15) is 0 Å². The van der Waals surface area contributed by atoms with Crippen LogP contribution in [-0.2, 0) is 6.54 Å². The molecule has 1 N–H and O–H groups in total. The van der Waals surface area contributed by atoms with Crippen molar-refractivity contribution >= 4 is 29.3 Å². The Morgan fingerprint density at radius 1 is 1.15 bits per heavy atom. The molecule has 1 atom stereocenters. The molecule has 27 heavy (non-hydrogen) atoms. The maximum Gasteiger partial charge on any atom is 0.415 e. The largest absolute Gasteiger partial charge is 0.464 e. The van der Waals surface area contributed by atoms with E-state index in [0.29, 0.717) is 15.7 Å². The molecule has 0 unspecified atom stereocenters. The van der Waals surface area contributed by atoms with Gasteiger partial charge in [0.15, 0.2) is 0 Å². The second-order valence-corrected chi connectivity index (χ2v) is 7.72. The fourth-order valence-electron chi connectivity index (χ4n) is 3.83. The van der Waals surface area contributed by atoms with Crippen molar-refractivity contribution in [1.29, 1.82) is 0 Å². The first kappa shape index (κ1) is 18.1. The van der Waals surface area contributed by atoms with Gasteiger partial charge >= 0.3 is 6.09 Å². The van der Waals surface area contributed by atoms with Crippen LogP contribution in [0.4, 0.5) is 4.79 Å². The van der Waals surface area contributed by atoms with E-state index in [4.69, 9.17) is 23.2 Å². The minimum Gasteiger partial charge on any atom is -0.464 e. The molecule has 0 saturated heterocycles. The molecule has 6 heteroatoms. The maximum absolute atomic E-state index is 11.5. The molecule has 0 radical (unpaired) electrons. The SMILES string of the molecule is CN1Cc2c(Cl)cc(Cl)cc2[C@H](c2cccc(-c3cccn3C(=O)O)c2)C1. The summed E-state index contributed by atoms with van der Waals surface area (Å²) in [7, 11) is 2.07. The van der Waals surface area contributed by atoms with Crippen molar-refractivity contribution in [1.82, 2.24) is 9.47 Å². The summed E-state index contributed by atoms with van der Waals surface area (Å²) in [6.45, 7) is 1.62. The van der Waals surface area contributed by atoms with Gasteiger partial charge in [-0.05, 0) is 59.6 Å². The average molecular weight is 401 g/mol. The minimum atomic E-state index is -0.998. The standard InChI is InChI=1S/C21H18Cl2N2O2/c1-24-11-17(16-9-15(22)10-19(23)18(16)12-24)13-4-2-5-14(8-13)20-6-3-7-25(20)21(26)27/h2-10,17H,11-12H2,1H3,(H,26,27)/t17-/m0/s1. The number of likely N-dealkylation sites (N-methyl/N-ethyl adjacent to an activating group) is 1. The molecule has 0 fully saturated rings. The van der Waals surface area contributed by atoms with Crippen LogP contribution in [0.1, 0.15) is 22.6 Å². The van der Waals surface area contributed by atoms with Gasteiger partial charge in [-0.25, -0.2) is 4.79 Å². The number of nitrogens with zero attached hydrogens (tertiary/aromatic N) is 2. The molecule has 0 aliphatic carbocycles. The molecule has 4 rings (SSSR count). The summed E-state index contributed by atoms with van der Waals surface area (Å²) >= 11 is 12.7. The number of carbonyl (C=O) groups is 1. The van der Waals surface area contributed by atoms with E-state index in [-0.39, 0.29) is 5.92 Å². The van der Waals surface area contributed by atoms with Crippen LogP contribution in [0, 0.1) is 0 Å². The first-order valence-corrected chi connectivity index (χ1v) is 9.37.